The van der Waals surface area contributed by atoms with Crippen molar-refractivity contribution >= 4 is 46.4 Å². The van der Waals surface area contributed by atoms with Crippen LogP contribution in [0.2, 0.25) is 0 Å². The average molecular weight is 743 g/mol. The molecule has 8 rings (SSSR count). The Morgan fingerprint density at radius 1 is 0.836 bits per heavy atom. The number of nitrogens with zero attached hydrogens (tertiary/aromatic N) is 2. The minimum Gasteiger partial charge on any atom is -0.478 e. The molecule has 4 N–H and O–H groups in total. The fourth-order valence-corrected chi connectivity index (χ4v) is 9.63. The summed E-state index contributed by atoms with van der Waals surface area (Å²) >= 11 is 0. The van der Waals surface area contributed by atoms with Crippen LogP contribution in [0.5, 0.6) is 0 Å². The third-order valence-corrected chi connectivity index (χ3v) is 12.4. The maximum absolute atomic E-state index is 14.3. The Morgan fingerprint density at radius 3 is 2.35 bits per heavy atom. The lowest BCUT2D eigenvalue weighted by atomic mass is 9.81. The van der Waals surface area contributed by atoms with E-state index in [1.165, 1.54) is 30.9 Å². The molecule has 4 aromatic rings. The molecule has 4 aliphatic rings. The number of amides is 3. The third-order valence-electron chi connectivity index (χ3n) is 12.4. The molecule has 10 nitrogen and oxygen atoms in total. The number of hydrogen-bond acceptors (Lipinski definition) is 5. The highest BCUT2D eigenvalue weighted by Crippen LogP contribution is 2.47. The predicted octanol–water partition coefficient (Wildman–Crippen LogP) is 7.29. The Hall–Kier alpha value is -5.22. The normalized spacial score (nSPS) is 21.1. The van der Waals surface area contributed by atoms with Gasteiger partial charge in [-0.1, -0.05) is 74.6 Å². The number of β-amino-alcohol motifs (C(OH)–C–C–N with tert-alkyl or cyclic N) is 1. The van der Waals surface area contributed by atoms with E-state index in [0.717, 1.165) is 65.9 Å². The van der Waals surface area contributed by atoms with Crippen LogP contribution < -0.4 is 10.6 Å². The molecule has 0 radical (unpaired) electrons. The van der Waals surface area contributed by atoms with Crippen LogP contribution in [0.25, 0.3) is 28.2 Å². The van der Waals surface area contributed by atoms with E-state index in [2.05, 4.69) is 45.5 Å². The van der Waals surface area contributed by atoms with Gasteiger partial charge in [-0.2, -0.15) is 0 Å². The number of aliphatic carboxylic acids is 1. The second-order valence-electron chi connectivity index (χ2n) is 16.1. The first-order valence-electron chi connectivity index (χ1n) is 20.1. The van der Waals surface area contributed by atoms with Crippen molar-refractivity contribution in [1.29, 1.82) is 0 Å². The fourth-order valence-electron chi connectivity index (χ4n) is 9.63. The second-order valence-corrected chi connectivity index (χ2v) is 16.1. The first-order chi connectivity index (χ1) is 26.7. The van der Waals surface area contributed by atoms with Crippen LogP contribution in [0.15, 0.2) is 72.8 Å². The summed E-state index contributed by atoms with van der Waals surface area (Å²) in [5.41, 5.74) is 6.34. The Balaban J connectivity index is 1.14. The van der Waals surface area contributed by atoms with E-state index in [1.807, 2.05) is 17.0 Å². The molecular formula is C45H50N4O6. The number of aliphatic hydroxyl groups excluding tert-OH is 1. The maximum Gasteiger partial charge on any atom is 0.328 e. The molecule has 3 heterocycles. The second kappa shape index (κ2) is 15.5. The number of carboxylic acid groups (broad SMARTS) is 1. The summed E-state index contributed by atoms with van der Waals surface area (Å²) in [6.07, 6.45) is 12.6. The summed E-state index contributed by atoms with van der Waals surface area (Å²) in [7, 11) is 0. The van der Waals surface area contributed by atoms with E-state index in [-0.39, 0.29) is 23.6 Å². The van der Waals surface area contributed by atoms with Gasteiger partial charge in [-0.3, -0.25) is 14.4 Å². The molecule has 1 saturated heterocycles. The molecule has 3 fully saturated rings. The summed E-state index contributed by atoms with van der Waals surface area (Å²) in [5.74, 6) is -1.51. The van der Waals surface area contributed by atoms with Gasteiger partial charge in [-0.25, -0.2) is 4.79 Å². The summed E-state index contributed by atoms with van der Waals surface area (Å²) in [5, 5.41) is 26.7. The van der Waals surface area contributed by atoms with Gasteiger partial charge < -0.3 is 30.3 Å². The number of carboxylic acids is 1. The van der Waals surface area contributed by atoms with Crippen molar-refractivity contribution in [2.24, 2.45) is 5.92 Å². The molecule has 3 amide bonds. The monoisotopic (exact) mass is 742 g/mol. The highest BCUT2D eigenvalue weighted by molar-refractivity contribution is 6.06. The Kier molecular flexibility index (Phi) is 10.3. The predicted molar refractivity (Wildman–Crippen MR) is 213 cm³/mol. The van der Waals surface area contributed by atoms with Crippen molar-refractivity contribution in [2.45, 2.75) is 101 Å². The zero-order valence-electron chi connectivity index (χ0n) is 31.3. The number of nitrogens with one attached hydrogen (secondary N) is 2. The molecule has 286 valence electrons. The third kappa shape index (κ3) is 7.44. The van der Waals surface area contributed by atoms with E-state index in [9.17, 15) is 24.3 Å². The van der Waals surface area contributed by atoms with E-state index in [0.29, 0.717) is 68.0 Å². The van der Waals surface area contributed by atoms with Gasteiger partial charge in [0.15, 0.2) is 0 Å². The van der Waals surface area contributed by atoms with Crippen LogP contribution in [0.1, 0.15) is 104 Å². The van der Waals surface area contributed by atoms with Crippen molar-refractivity contribution in [1.82, 2.24) is 14.8 Å². The van der Waals surface area contributed by atoms with Crippen LogP contribution in [-0.4, -0.2) is 68.1 Å². The van der Waals surface area contributed by atoms with Gasteiger partial charge >= 0.3 is 5.97 Å². The smallest absolute Gasteiger partial charge is 0.328 e. The Morgan fingerprint density at radius 2 is 1.60 bits per heavy atom. The van der Waals surface area contributed by atoms with E-state index in [4.69, 9.17) is 5.11 Å². The van der Waals surface area contributed by atoms with Crippen LogP contribution in [0.3, 0.4) is 0 Å². The summed E-state index contributed by atoms with van der Waals surface area (Å²) in [6.45, 7) is 1.48. The van der Waals surface area contributed by atoms with Gasteiger partial charge in [0, 0.05) is 53.4 Å². The molecule has 1 aromatic heterocycles. The number of carbonyl (C=O) groups is 4. The number of anilines is 1. The van der Waals surface area contributed by atoms with Crippen LogP contribution >= 0.6 is 0 Å². The minimum atomic E-state index is -1.08. The molecular weight excluding hydrogens is 693 g/mol. The number of hydrogen-bond donors (Lipinski definition) is 4. The molecule has 2 atom stereocenters. The Labute approximate surface area is 321 Å². The van der Waals surface area contributed by atoms with Crippen molar-refractivity contribution in [2.75, 3.05) is 18.4 Å². The van der Waals surface area contributed by atoms with Gasteiger partial charge in [-0.05, 0) is 97.9 Å². The molecule has 2 unspecified atom stereocenters. The molecule has 55 heavy (non-hydrogen) atoms. The van der Waals surface area contributed by atoms with E-state index < -0.39 is 17.6 Å². The number of fused-ring (bicyclic) bond motifs is 5. The quantitative estimate of drug-likeness (QED) is 0.140. The van der Waals surface area contributed by atoms with E-state index in [1.54, 1.807) is 24.3 Å². The Bertz CT molecular complexity index is 2140. The molecule has 2 saturated carbocycles. The molecule has 2 aliphatic heterocycles. The lowest BCUT2D eigenvalue weighted by Crippen LogP contribution is -2.55. The molecule has 10 heteroatoms. The SMILES string of the molecule is O=C(O)C=Cc1ccc(NC(=O)C2(NC(=O)c3ccc4c(C5CCCCC5)c5n(c4c3)CC(C(=O)N3CCCC(O)C3)Cc3ccccc3-5)CCCC2)cc1. The van der Waals surface area contributed by atoms with Gasteiger partial charge in [0.25, 0.3) is 5.91 Å². The summed E-state index contributed by atoms with van der Waals surface area (Å²) in [4.78, 5) is 55.2. The first-order valence-corrected chi connectivity index (χ1v) is 20.1. The fraction of sp³-hybridized carbons (Fsp3) is 0.422. The van der Waals surface area contributed by atoms with Crippen molar-refractivity contribution in [3.63, 3.8) is 0 Å². The molecule has 0 bridgehead atoms. The molecule has 0 spiro atoms. The lowest BCUT2D eigenvalue weighted by molar-refractivity contribution is -0.139. The zero-order valence-corrected chi connectivity index (χ0v) is 31.3. The number of aliphatic hydroxyl groups is 1. The highest BCUT2D eigenvalue weighted by atomic mass is 16.4. The van der Waals surface area contributed by atoms with Crippen molar-refractivity contribution < 1.29 is 29.4 Å². The van der Waals surface area contributed by atoms with Crippen molar-refractivity contribution in [3.8, 4) is 11.3 Å². The van der Waals surface area contributed by atoms with Gasteiger partial charge in [0.05, 0.1) is 17.7 Å². The van der Waals surface area contributed by atoms with Crippen LogP contribution in [-0.2, 0) is 27.3 Å². The zero-order chi connectivity index (χ0) is 38.1. The number of carbonyl (C=O) groups excluding carboxylic acids is 3. The van der Waals surface area contributed by atoms with Gasteiger partial charge in [0.1, 0.15) is 5.54 Å². The summed E-state index contributed by atoms with van der Waals surface area (Å²) < 4.78 is 2.30. The van der Waals surface area contributed by atoms with Crippen LogP contribution in [0.4, 0.5) is 5.69 Å². The minimum absolute atomic E-state index is 0.0666. The van der Waals surface area contributed by atoms with Crippen molar-refractivity contribution in [3.05, 3.63) is 95.1 Å². The largest absolute Gasteiger partial charge is 0.478 e. The van der Waals surface area contributed by atoms with Gasteiger partial charge in [-0.15, -0.1) is 0 Å². The number of piperidine rings is 1. The summed E-state index contributed by atoms with van der Waals surface area (Å²) in [6, 6.07) is 21.3. The maximum atomic E-state index is 14.3. The lowest BCUT2D eigenvalue weighted by Gasteiger charge is -2.33. The number of rotatable bonds is 8. The van der Waals surface area contributed by atoms with E-state index >= 15 is 0 Å². The molecule has 3 aromatic carbocycles. The number of aromatic nitrogens is 1. The first kappa shape index (κ1) is 36.7. The topological polar surface area (TPSA) is 141 Å². The van der Waals surface area contributed by atoms with Crippen LogP contribution in [0, 0.1) is 5.92 Å². The highest BCUT2D eigenvalue weighted by Gasteiger charge is 2.43. The standard InChI is InChI=1S/C45H50N4O6/c50-35-12-8-24-48(28-35)43(54)33-25-31-11-4-5-13-36(31)41-40(30-9-2-1-3-10-30)37-20-17-32(26-38(37)49(41)27-33)42(53)47-45(22-6-7-23-45)44(55)46-34-18-14-29(15-19-34)16-21-39(51)52/h4-5,11,13-21,26,30,33,35,50H,1-3,6-10,12,22-25,27-28H2,(H,46,55)(H,47,53)(H,51,52). The number of benzene rings is 3. The number of likely N-dealkylation sites (tertiary alicyclic amines) is 1. The van der Waals surface area contributed by atoms with Gasteiger partial charge in [0.2, 0.25) is 11.8 Å². The molecule has 2 aliphatic carbocycles. The average Bonchev–Trinajstić information content (AvgIpc) is 3.76.